The fourth-order valence-corrected chi connectivity index (χ4v) is 4.51. The lowest BCUT2D eigenvalue weighted by Gasteiger charge is -2.47. The Labute approximate surface area is 170 Å². The lowest BCUT2D eigenvalue weighted by atomic mass is 9.72. The van der Waals surface area contributed by atoms with E-state index in [1.54, 1.807) is 31.5 Å². The highest BCUT2D eigenvalue weighted by molar-refractivity contribution is 5.94. The van der Waals surface area contributed by atoms with E-state index in [0.717, 1.165) is 31.4 Å². The standard InChI is InChI=1S/C23H26FN3O2/c1-17-14-19(2-3-20(17)24)22(29)26-12-8-23(9-13-26)7-4-21(28)27(16-23)15-18-5-10-25-11-6-18/h2-3,5-6,10-11,14H,4,7-9,12-13,15-16H2,1H3. The van der Waals surface area contributed by atoms with Crippen LogP contribution in [0.3, 0.4) is 0 Å². The van der Waals surface area contributed by atoms with E-state index in [1.807, 2.05) is 21.9 Å². The number of nitrogens with zero attached hydrogens (tertiary/aromatic N) is 3. The van der Waals surface area contributed by atoms with Gasteiger partial charge in [0.2, 0.25) is 5.91 Å². The molecule has 2 fully saturated rings. The summed E-state index contributed by atoms with van der Waals surface area (Å²) >= 11 is 0. The zero-order valence-corrected chi connectivity index (χ0v) is 16.7. The summed E-state index contributed by atoms with van der Waals surface area (Å²) in [5.74, 6) is -0.128. The van der Waals surface area contributed by atoms with Crippen LogP contribution in [0.4, 0.5) is 4.39 Å². The quantitative estimate of drug-likeness (QED) is 0.798. The van der Waals surface area contributed by atoms with Crippen molar-refractivity contribution < 1.29 is 14.0 Å². The smallest absolute Gasteiger partial charge is 0.253 e. The second-order valence-corrected chi connectivity index (χ2v) is 8.36. The molecule has 0 bridgehead atoms. The van der Waals surface area contributed by atoms with Crippen LogP contribution in [-0.2, 0) is 11.3 Å². The number of amides is 2. The van der Waals surface area contributed by atoms with Crippen LogP contribution in [-0.4, -0.2) is 46.2 Å². The first kappa shape index (κ1) is 19.6. The van der Waals surface area contributed by atoms with E-state index in [9.17, 15) is 14.0 Å². The molecule has 3 heterocycles. The van der Waals surface area contributed by atoms with Crippen LogP contribution >= 0.6 is 0 Å². The molecule has 5 nitrogen and oxygen atoms in total. The third-order valence-electron chi connectivity index (χ3n) is 6.39. The van der Waals surface area contributed by atoms with Gasteiger partial charge < -0.3 is 9.80 Å². The Bertz CT molecular complexity index is 908. The number of hydrogen-bond donors (Lipinski definition) is 0. The van der Waals surface area contributed by atoms with Crippen molar-refractivity contribution >= 4 is 11.8 Å². The first-order valence-corrected chi connectivity index (χ1v) is 10.2. The van der Waals surface area contributed by atoms with Gasteiger partial charge in [0.1, 0.15) is 5.82 Å². The van der Waals surface area contributed by atoms with Gasteiger partial charge in [-0.1, -0.05) is 0 Å². The molecule has 1 aromatic carbocycles. The van der Waals surface area contributed by atoms with E-state index < -0.39 is 0 Å². The molecule has 4 rings (SSSR count). The third kappa shape index (κ3) is 4.16. The first-order chi connectivity index (χ1) is 14.0. The number of aryl methyl sites for hydroxylation is 1. The van der Waals surface area contributed by atoms with Gasteiger partial charge in [0.05, 0.1) is 0 Å². The van der Waals surface area contributed by atoms with Gasteiger partial charge in [-0.3, -0.25) is 14.6 Å². The van der Waals surface area contributed by atoms with Crippen LogP contribution in [0.15, 0.2) is 42.7 Å². The molecule has 2 aromatic rings. The zero-order chi connectivity index (χ0) is 20.4. The van der Waals surface area contributed by atoms with Gasteiger partial charge in [-0.15, -0.1) is 0 Å². The summed E-state index contributed by atoms with van der Waals surface area (Å²) in [7, 11) is 0. The molecule has 0 N–H and O–H groups in total. The van der Waals surface area contributed by atoms with E-state index in [2.05, 4.69) is 4.98 Å². The van der Waals surface area contributed by atoms with Crippen molar-refractivity contribution in [3.05, 3.63) is 65.2 Å². The summed E-state index contributed by atoms with van der Waals surface area (Å²) in [4.78, 5) is 33.1. The SMILES string of the molecule is Cc1cc(C(=O)N2CCC3(CCC(=O)N(Cc4ccncc4)C3)CC2)ccc1F. The van der Waals surface area contributed by atoms with Gasteiger partial charge in [-0.05, 0) is 73.1 Å². The van der Waals surface area contributed by atoms with Crippen LogP contribution in [0.2, 0.25) is 0 Å². The molecule has 0 atom stereocenters. The number of halogens is 1. The number of carbonyl (C=O) groups is 2. The number of rotatable bonds is 3. The number of hydrogen-bond acceptors (Lipinski definition) is 3. The van der Waals surface area contributed by atoms with Crippen molar-refractivity contribution in [2.75, 3.05) is 19.6 Å². The summed E-state index contributed by atoms with van der Waals surface area (Å²) < 4.78 is 13.5. The lowest BCUT2D eigenvalue weighted by Crippen LogP contribution is -2.52. The monoisotopic (exact) mass is 395 g/mol. The molecule has 29 heavy (non-hydrogen) atoms. The van der Waals surface area contributed by atoms with Gasteiger partial charge in [0, 0.05) is 50.6 Å². The predicted octanol–water partition coefficient (Wildman–Crippen LogP) is 3.57. The second-order valence-electron chi connectivity index (χ2n) is 8.36. The summed E-state index contributed by atoms with van der Waals surface area (Å²) in [5, 5.41) is 0. The molecule has 0 radical (unpaired) electrons. The first-order valence-electron chi connectivity index (χ1n) is 10.2. The van der Waals surface area contributed by atoms with E-state index in [1.165, 1.54) is 6.07 Å². The second kappa shape index (κ2) is 7.93. The Morgan fingerprint density at radius 1 is 1.14 bits per heavy atom. The summed E-state index contributed by atoms with van der Waals surface area (Å²) in [6, 6.07) is 8.43. The number of piperidine rings is 2. The van der Waals surface area contributed by atoms with Crippen LogP contribution in [0.25, 0.3) is 0 Å². The van der Waals surface area contributed by atoms with Crippen molar-refractivity contribution in [2.45, 2.75) is 39.2 Å². The number of likely N-dealkylation sites (tertiary alicyclic amines) is 2. The largest absolute Gasteiger partial charge is 0.339 e. The average Bonchev–Trinajstić information content (AvgIpc) is 2.74. The Morgan fingerprint density at radius 3 is 2.55 bits per heavy atom. The maximum atomic E-state index is 13.5. The van der Waals surface area contributed by atoms with Crippen LogP contribution < -0.4 is 0 Å². The maximum absolute atomic E-state index is 13.5. The van der Waals surface area contributed by atoms with E-state index in [4.69, 9.17) is 0 Å². The molecule has 2 amide bonds. The van der Waals surface area contributed by atoms with Crippen molar-refractivity contribution in [2.24, 2.45) is 5.41 Å². The minimum absolute atomic E-state index is 0.0384. The molecule has 1 spiro atoms. The van der Waals surface area contributed by atoms with Crippen LogP contribution in [0.1, 0.15) is 47.2 Å². The lowest BCUT2D eigenvalue weighted by molar-refractivity contribution is -0.139. The molecule has 0 unspecified atom stereocenters. The fourth-order valence-electron chi connectivity index (χ4n) is 4.51. The predicted molar refractivity (Wildman–Crippen MR) is 108 cm³/mol. The molecule has 2 aliphatic heterocycles. The zero-order valence-electron chi connectivity index (χ0n) is 16.7. The Kier molecular flexibility index (Phi) is 5.35. The molecule has 6 heteroatoms. The number of carbonyl (C=O) groups excluding carboxylic acids is 2. The molecular weight excluding hydrogens is 369 g/mol. The van der Waals surface area contributed by atoms with Crippen molar-refractivity contribution in [3.8, 4) is 0 Å². The van der Waals surface area contributed by atoms with E-state index in [0.29, 0.717) is 37.2 Å². The molecule has 0 aliphatic carbocycles. The minimum Gasteiger partial charge on any atom is -0.339 e. The Balaban J connectivity index is 1.40. The van der Waals surface area contributed by atoms with Crippen molar-refractivity contribution in [1.29, 1.82) is 0 Å². The molecule has 2 saturated heterocycles. The van der Waals surface area contributed by atoms with E-state index in [-0.39, 0.29) is 23.0 Å². The normalized spacial score (nSPS) is 18.9. The third-order valence-corrected chi connectivity index (χ3v) is 6.39. The van der Waals surface area contributed by atoms with Gasteiger partial charge >= 0.3 is 0 Å². The fraction of sp³-hybridized carbons (Fsp3) is 0.435. The van der Waals surface area contributed by atoms with Gasteiger partial charge in [0.25, 0.3) is 5.91 Å². The minimum atomic E-state index is -0.291. The van der Waals surface area contributed by atoms with Gasteiger partial charge in [-0.25, -0.2) is 4.39 Å². The average molecular weight is 395 g/mol. The van der Waals surface area contributed by atoms with Crippen molar-refractivity contribution in [1.82, 2.24) is 14.8 Å². The molecule has 1 aromatic heterocycles. The number of benzene rings is 1. The molecule has 0 saturated carbocycles. The Hall–Kier alpha value is -2.76. The summed E-state index contributed by atoms with van der Waals surface area (Å²) in [6.45, 7) is 4.37. The van der Waals surface area contributed by atoms with Gasteiger partial charge in [-0.2, -0.15) is 0 Å². The van der Waals surface area contributed by atoms with E-state index >= 15 is 0 Å². The number of aromatic nitrogens is 1. The molecule has 2 aliphatic rings. The highest BCUT2D eigenvalue weighted by Gasteiger charge is 2.41. The van der Waals surface area contributed by atoms with Crippen molar-refractivity contribution in [3.63, 3.8) is 0 Å². The highest BCUT2D eigenvalue weighted by Crippen LogP contribution is 2.40. The van der Waals surface area contributed by atoms with Crippen LogP contribution in [0.5, 0.6) is 0 Å². The topological polar surface area (TPSA) is 53.5 Å². The summed E-state index contributed by atoms with van der Waals surface area (Å²) in [6.07, 6.45) is 6.73. The Morgan fingerprint density at radius 2 is 1.86 bits per heavy atom. The van der Waals surface area contributed by atoms with Gasteiger partial charge in [0.15, 0.2) is 0 Å². The molecular formula is C23H26FN3O2. The molecule has 152 valence electrons. The summed E-state index contributed by atoms with van der Waals surface area (Å²) in [5.41, 5.74) is 2.20. The van der Waals surface area contributed by atoms with Crippen LogP contribution in [0, 0.1) is 18.2 Å². The maximum Gasteiger partial charge on any atom is 0.253 e. The highest BCUT2D eigenvalue weighted by atomic mass is 19.1. The number of pyridine rings is 1.